The number of fused-ring (bicyclic) bond motifs is 1. The summed E-state index contributed by atoms with van der Waals surface area (Å²) in [5, 5.41) is 1.74. The van der Waals surface area contributed by atoms with Crippen LogP contribution in [0.1, 0.15) is 15.9 Å². The van der Waals surface area contributed by atoms with E-state index < -0.39 is 0 Å². The van der Waals surface area contributed by atoms with Crippen molar-refractivity contribution < 1.29 is 9.18 Å². The van der Waals surface area contributed by atoms with Crippen LogP contribution in [0.5, 0.6) is 0 Å². The topological polar surface area (TPSA) is 30.0 Å². The largest absolute Gasteiger partial charge is 0.289 e. The van der Waals surface area contributed by atoms with Gasteiger partial charge in [-0.3, -0.25) is 9.78 Å². The predicted octanol–water partition coefficient (Wildman–Crippen LogP) is 4.37. The van der Waals surface area contributed by atoms with Crippen molar-refractivity contribution in [2.45, 2.75) is 0 Å². The van der Waals surface area contributed by atoms with Crippen molar-refractivity contribution in [3.8, 4) is 0 Å². The molecule has 0 saturated heterocycles. The Labute approximate surface area is 123 Å². The fourth-order valence-electron chi connectivity index (χ4n) is 2.11. The smallest absolute Gasteiger partial charge is 0.193 e. The van der Waals surface area contributed by atoms with Crippen LogP contribution in [0.25, 0.3) is 10.8 Å². The second-order valence-electron chi connectivity index (χ2n) is 4.36. The highest BCUT2D eigenvalue weighted by Gasteiger charge is 2.13. The van der Waals surface area contributed by atoms with Gasteiger partial charge in [-0.1, -0.05) is 18.2 Å². The van der Waals surface area contributed by atoms with Crippen LogP contribution >= 0.6 is 15.9 Å². The van der Waals surface area contributed by atoms with Crippen LogP contribution in [0.3, 0.4) is 0 Å². The lowest BCUT2D eigenvalue weighted by molar-refractivity contribution is 0.104. The molecule has 4 heteroatoms. The molecule has 0 unspecified atom stereocenters. The molecule has 0 aliphatic rings. The van der Waals surface area contributed by atoms with Gasteiger partial charge in [0.2, 0.25) is 0 Å². The van der Waals surface area contributed by atoms with Crippen LogP contribution in [-0.2, 0) is 0 Å². The second kappa shape index (κ2) is 5.13. The van der Waals surface area contributed by atoms with E-state index in [0.717, 1.165) is 10.8 Å². The van der Waals surface area contributed by atoms with Crippen LogP contribution in [0.15, 0.2) is 59.3 Å². The lowest BCUT2D eigenvalue weighted by Crippen LogP contribution is -2.02. The molecule has 0 bridgehead atoms. The van der Waals surface area contributed by atoms with E-state index in [1.54, 1.807) is 24.5 Å². The van der Waals surface area contributed by atoms with E-state index in [2.05, 4.69) is 20.9 Å². The molecule has 2 aromatic carbocycles. The molecule has 0 saturated carbocycles. The summed E-state index contributed by atoms with van der Waals surface area (Å²) in [6.07, 6.45) is 3.37. The van der Waals surface area contributed by atoms with Gasteiger partial charge in [0.05, 0.1) is 4.47 Å². The van der Waals surface area contributed by atoms with Crippen molar-refractivity contribution in [1.29, 1.82) is 0 Å². The van der Waals surface area contributed by atoms with Crippen molar-refractivity contribution in [2.24, 2.45) is 0 Å². The number of hydrogen-bond donors (Lipinski definition) is 0. The average molecular weight is 330 g/mol. The maximum atomic E-state index is 13.3. The van der Waals surface area contributed by atoms with Crippen molar-refractivity contribution >= 4 is 32.5 Å². The molecule has 0 radical (unpaired) electrons. The highest BCUT2D eigenvalue weighted by atomic mass is 79.9. The minimum absolute atomic E-state index is 0.137. The van der Waals surface area contributed by atoms with Gasteiger partial charge in [0.25, 0.3) is 0 Å². The van der Waals surface area contributed by atoms with Gasteiger partial charge in [-0.05, 0) is 45.6 Å². The van der Waals surface area contributed by atoms with Gasteiger partial charge in [0.15, 0.2) is 5.78 Å². The summed E-state index contributed by atoms with van der Waals surface area (Å²) in [4.78, 5) is 16.6. The number of ketones is 1. The molecule has 2 nitrogen and oxygen atoms in total. The van der Waals surface area contributed by atoms with E-state index in [0.29, 0.717) is 11.1 Å². The first-order valence-electron chi connectivity index (χ1n) is 5.99. The highest BCUT2D eigenvalue weighted by Crippen LogP contribution is 2.23. The summed E-state index contributed by atoms with van der Waals surface area (Å²) in [6, 6.07) is 11.6. The van der Waals surface area contributed by atoms with Crippen molar-refractivity contribution in [2.75, 3.05) is 0 Å². The molecule has 0 aliphatic heterocycles. The molecule has 0 N–H and O–H groups in total. The predicted molar refractivity (Wildman–Crippen MR) is 79.3 cm³/mol. The number of nitrogens with zero attached hydrogens (tertiary/aromatic N) is 1. The molecule has 20 heavy (non-hydrogen) atoms. The van der Waals surface area contributed by atoms with Gasteiger partial charge >= 0.3 is 0 Å². The summed E-state index contributed by atoms with van der Waals surface area (Å²) in [5.74, 6) is -0.522. The Balaban J connectivity index is 2.15. The molecule has 0 amide bonds. The number of pyridine rings is 1. The molecule has 0 aliphatic carbocycles. The minimum atomic E-state index is -0.385. The molecule has 1 aromatic heterocycles. The summed E-state index contributed by atoms with van der Waals surface area (Å²) in [5.41, 5.74) is 1.03. The van der Waals surface area contributed by atoms with Crippen LogP contribution in [0, 0.1) is 5.82 Å². The number of carbonyl (C=O) groups excluding carboxylic acids is 1. The number of benzene rings is 2. The molecule has 98 valence electrons. The zero-order valence-electron chi connectivity index (χ0n) is 10.3. The molecular weight excluding hydrogens is 321 g/mol. The lowest BCUT2D eigenvalue weighted by atomic mass is 9.98. The van der Waals surface area contributed by atoms with Crippen LogP contribution in [0.2, 0.25) is 0 Å². The van der Waals surface area contributed by atoms with E-state index in [1.165, 1.54) is 18.2 Å². The SMILES string of the molecule is O=C(c1ccc(F)c(Br)c1)c1cccc2cnccc12. The van der Waals surface area contributed by atoms with Crippen LogP contribution in [-0.4, -0.2) is 10.8 Å². The number of aromatic nitrogens is 1. The van der Waals surface area contributed by atoms with Gasteiger partial charge < -0.3 is 0 Å². The van der Waals surface area contributed by atoms with Crippen LogP contribution < -0.4 is 0 Å². The molecule has 3 aromatic rings. The van der Waals surface area contributed by atoms with Gasteiger partial charge in [-0.2, -0.15) is 0 Å². The Morgan fingerprint density at radius 3 is 2.80 bits per heavy atom. The number of halogens is 2. The van der Waals surface area contributed by atoms with Crippen LogP contribution in [0.4, 0.5) is 4.39 Å². The van der Waals surface area contributed by atoms with E-state index in [4.69, 9.17) is 0 Å². The Hall–Kier alpha value is -2.07. The third-order valence-corrected chi connectivity index (χ3v) is 3.71. The van der Waals surface area contributed by atoms with E-state index in [9.17, 15) is 9.18 Å². The van der Waals surface area contributed by atoms with Crippen molar-refractivity contribution in [1.82, 2.24) is 4.98 Å². The lowest BCUT2D eigenvalue weighted by Gasteiger charge is -2.06. The summed E-state index contributed by atoms with van der Waals surface area (Å²) < 4.78 is 13.5. The first-order valence-corrected chi connectivity index (χ1v) is 6.78. The Kier molecular flexibility index (Phi) is 3.32. The number of carbonyl (C=O) groups is 1. The first-order chi connectivity index (χ1) is 9.66. The van der Waals surface area contributed by atoms with E-state index in [-0.39, 0.29) is 16.1 Å². The molecule has 1 heterocycles. The third kappa shape index (κ3) is 2.23. The molecule has 0 atom stereocenters. The summed E-state index contributed by atoms with van der Waals surface area (Å²) in [7, 11) is 0. The third-order valence-electron chi connectivity index (χ3n) is 3.11. The highest BCUT2D eigenvalue weighted by molar-refractivity contribution is 9.10. The Morgan fingerprint density at radius 1 is 1.15 bits per heavy atom. The van der Waals surface area contributed by atoms with Gasteiger partial charge in [0.1, 0.15) is 5.82 Å². The number of rotatable bonds is 2. The quantitative estimate of drug-likeness (QED) is 0.653. The van der Waals surface area contributed by atoms with E-state index in [1.807, 2.05) is 12.1 Å². The summed E-state index contributed by atoms with van der Waals surface area (Å²) in [6.45, 7) is 0. The van der Waals surface area contributed by atoms with Crippen molar-refractivity contribution in [3.05, 3.63) is 76.3 Å². The summed E-state index contributed by atoms with van der Waals surface area (Å²) >= 11 is 3.10. The fraction of sp³-hybridized carbons (Fsp3) is 0. The van der Waals surface area contributed by atoms with Gasteiger partial charge in [-0.15, -0.1) is 0 Å². The minimum Gasteiger partial charge on any atom is -0.289 e. The average Bonchev–Trinajstić information content (AvgIpc) is 2.49. The Morgan fingerprint density at radius 2 is 2.00 bits per heavy atom. The van der Waals surface area contributed by atoms with E-state index >= 15 is 0 Å². The fourth-order valence-corrected chi connectivity index (χ4v) is 2.49. The zero-order valence-corrected chi connectivity index (χ0v) is 11.9. The molecule has 3 rings (SSSR count). The van der Waals surface area contributed by atoms with Gasteiger partial charge in [-0.25, -0.2) is 4.39 Å². The first kappa shape index (κ1) is 12.9. The van der Waals surface area contributed by atoms with Crippen molar-refractivity contribution in [3.63, 3.8) is 0 Å². The molecule has 0 spiro atoms. The zero-order chi connectivity index (χ0) is 14.1. The maximum absolute atomic E-state index is 13.3. The Bertz CT molecular complexity index is 811. The second-order valence-corrected chi connectivity index (χ2v) is 5.21. The monoisotopic (exact) mass is 329 g/mol. The molecular formula is C16H9BrFNO. The normalized spacial score (nSPS) is 10.7. The van der Waals surface area contributed by atoms with Gasteiger partial charge in [0, 0.05) is 28.9 Å². The molecule has 0 fully saturated rings. The standard InChI is InChI=1S/C16H9BrFNO/c17-14-8-10(4-5-15(14)18)16(20)13-3-1-2-11-9-19-7-6-12(11)13/h1-9H. The maximum Gasteiger partial charge on any atom is 0.193 e. The number of hydrogen-bond acceptors (Lipinski definition) is 2.